The van der Waals surface area contributed by atoms with Gasteiger partial charge in [0.05, 0.1) is 16.7 Å². The fourth-order valence-corrected chi connectivity index (χ4v) is 5.64. The first-order valence-electron chi connectivity index (χ1n) is 14.2. The highest BCUT2D eigenvalue weighted by Crippen LogP contribution is 2.35. The van der Waals surface area contributed by atoms with E-state index < -0.39 is 29.3 Å². The van der Waals surface area contributed by atoms with Crippen LogP contribution < -0.4 is 20.3 Å². The summed E-state index contributed by atoms with van der Waals surface area (Å²) in [6.07, 6.45) is -3.55. The van der Waals surface area contributed by atoms with Crippen molar-refractivity contribution in [1.82, 2.24) is 9.97 Å². The minimum absolute atomic E-state index is 0.0640. The van der Waals surface area contributed by atoms with Crippen molar-refractivity contribution in [3.63, 3.8) is 0 Å². The molecule has 1 aliphatic carbocycles. The van der Waals surface area contributed by atoms with Crippen LogP contribution >= 0.6 is 0 Å². The molecule has 2 aromatic carbocycles. The van der Waals surface area contributed by atoms with Crippen LogP contribution in [0.5, 0.6) is 5.88 Å². The third-order valence-corrected chi connectivity index (χ3v) is 7.98. The van der Waals surface area contributed by atoms with Gasteiger partial charge in [0.25, 0.3) is 0 Å². The summed E-state index contributed by atoms with van der Waals surface area (Å²) in [4.78, 5) is 11.0. The average molecular weight is 612 g/mol. The van der Waals surface area contributed by atoms with Gasteiger partial charge in [-0.3, -0.25) is 0 Å². The van der Waals surface area contributed by atoms with Crippen LogP contribution in [-0.2, 0) is 12.4 Å². The number of anilines is 3. The van der Waals surface area contributed by atoms with Crippen LogP contribution in [-0.4, -0.2) is 41.2 Å². The molecule has 1 aliphatic heterocycles. The van der Waals surface area contributed by atoms with Gasteiger partial charge >= 0.3 is 12.4 Å². The number of nitrogens with one attached hydrogen (secondary N) is 2. The predicted octanol–water partition coefficient (Wildman–Crippen LogP) is 7.84. The maximum absolute atomic E-state index is 13.6. The maximum atomic E-state index is 13.6. The minimum Gasteiger partial charge on any atom is -0.474 e. The highest BCUT2D eigenvalue weighted by atomic mass is 19.4. The molecule has 232 valence electrons. The fourth-order valence-electron chi connectivity index (χ4n) is 5.64. The Balaban J connectivity index is 1.11. The summed E-state index contributed by atoms with van der Waals surface area (Å²) in [5.74, 6) is -0.0428. The zero-order chi connectivity index (χ0) is 30.8. The summed E-state index contributed by atoms with van der Waals surface area (Å²) in [5, 5.41) is 6.41. The van der Waals surface area contributed by atoms with Crippen LogP contribution in [0.4, 0.5) is 47.9 Å². The van der Waals surface area contributed by atoms with Crippen LogP contribution in [0.15, 0.2) is 48.8 Å². The molecule has 0 spiro atoms. The van der Waals surface area contributed by atoms with Crippen molar-refractivity contribution in [1.29, 1.82) is 0 Å². The summed E-state index contributed by atoms with van der Waals surface area (Å²) >= 11 is 0. The molecule has 1 saturated carbocycles. The molecule has 0 amide bonds. The van der Waals surface area contributed by atoms with Crippen LogP contribution in [0.25, 0.3) is 0 Å². The zero-order valence-electron chi connectivity index (χ0n) is 23.4. The van der Waals surface area contributed by atoms with Crippen molar-refractivity contribution in [2.75, 3.05) is 28.6 Å². The third-order valence-electron chi connectivity index (χ3n) is 7.98. The molecule has 1 aromatic heterocycles. The van der Waals surface area contributed by atoms with Crippen molar-refractivity contribution in [2.45, 2.75) is 76.0 Å². The lowest BCUT2D eigenvalue weighted by Crippen LogP contribution is -2.40. The smallest absolute Gasteiger partial charge is 0.419 e. The summed E-state index contributed by atoms with van der Waals surface area (Å²) in [5.41, 5.74) is -0.281. The topological polar surface area (TPSA) is 62.3 Å². The van der Waals surface area contributed by atoms with E-state index in [9.17, 15) is 30.7 Å². The number of hydrogen-bond donors (Lipinski definition) is 2. The Morgan fingerprint density at radius 2 is 1.37 bits per heavy atom. The molecule has 0 bridgehead atoms. The molecule has 2 N–H and O–H groups in total. The number of rotatable bonds is 7. The van der Waals surface area contributed by atoms with Gasteiger partial charge < -0.3 is 20.3 Å². The van der Waals surface area contributed by atoms with Gasteiger partial charge in [0, 0.05) is 36.5 Å². The second kappa shape index (κ2) is 12.5. The molecule has 2 heterocycles. The molecule has 0 radical (unpaired) electrons. The first-order chi connectivity index (χ1) is 20.4. The van der Waals surface area contributed by atoms with E-state index in [0.29, 0.717) is 50.3 Å². The molecular weight excluding hydrogens is 579 g/mol. The van der Waals surface area contributed by atoms with Crippen molar-refractivity contribution in [2.24, 2.45) is 0 Å². The van der Waals surface area contributed by atoms with Crippen LogP contribution in [0, 0.1) is 12.7 Å². The number of halogens is 7. The Morgan fingerprint density at radius 3 is 2.00 bits per heavy atom. The van der Waals surface area contributed by atoms with Crippen molar-refractivity contribution >= 4 is 17.2 Å². The zero-order valence-corrected chi connectivity index (χ0v) is 23.4. The highest BCUT2D eigenvalue weighted by molar-refractivity contribution is 5.52. The lowest BCUT2D eigenvalue weighted by molar-refractivity contribution is -0.140. The van der Waals surface area contributed by atoms with Crippen LogP contribution in [0.3, 0.4) is 0 Å². The van der Waals surface area contributed by atoms with E-state index in [4.69, 9.17) is 4.74 Å². The van der Waals surface area contributed by atoms with E-state index in [1.54, 1.807) is 0 Å². The number of piperidine rings is 1. The molecule has 2 fully saturated rings. The Kier molecular flexibility index (Phi) is 8.89. The molecule has 3 aromatic rings. The Labute approximate surface area is 244 Å². The molecule has 1 saturated heterocycles. The van der Waals surface area contributed by atoms with E-state index >= 15 is 0 Å². The van der Waals surface area contributed by atoms with Gasteiger partial charge in [-0.2, -0.15) is 26.3 Å². The van der Waals surface area contributed by atoms with Gasteiger partial charge in [-0.15, -0.1) is 0 Å². The van der Waals surface area contributed by atoms with E-state index in [0.717, 1.165) is 48.5 Å². The monoisotopic (exact) mass is 611 g/mol. The largest absolute Gasteiger partial charge is 0.474 e. The number of aromatic nitrogens is 2. The standard InChI is InChI=1S/C30H32F7N5O/c1-18-27(42-14-12-22(13-15-42)40-20-4-2-19(3-5-20)29(32,33)34)38-17-39-28(18)43-24-9-6-21(7-10-24)41-23-8-11-26(31)25(16-23)30(35,36)37/h2-5,8,11,16-17,21-22,24,40-41H,6-7,9-10,12-15H2,1H3. The van der Waals surface area contributed by atoms with Crippen molar-refractivity contribution in [3.05, 3.63) is 71.3 Å². The molecule has 6 nitrogen and oxygen atoms in total. The normalized spacial score (nSPS) is 20.1. The number of benzene rings is 2. The number of nitrogens with zero attached hydrogens (tertiary/aromatic N) is 3. The van der Waals surface area contributed by atoms with Crippen molar-refractivity contribution < 1.29 is 35.5 Å². The number of ether oxygens (including phenoxy) is 1. The third kappa shape index (κ3) is 7.61. The van der Waals surface area contributed by atoms with E-state index in [-0.39, 0.29) is 23.9 Å². The number of alkyl halides is 6. The molecule has 5 rings (SSSR count). The second-order valence-corrected chi connectivity index (χ2v) is 11.0. The van der Waals surface area contributed by atoms with Gasteiger partial charge in [0.2, 0.25) is 5.88 Å². The molecular formula is C30H32F7N5O. The highest BCUT2D eigenvalue weighted by Gasteiger charge is 2.35. The summed E-state index contributed by atoms with van der Waals surface area (Å²) < 4.78 is 97.5. The molecule has 0 unspecified atom stereocenters. The Morgan fingerprint density at radius 1 is 0.767 bits per heavy atom. The fraction of sp³-hybridized carbons (Fsp3) is 0.467. The predicted molar refractivity (Wildman–Crippen MR) is 149 cm³/mol. The maximum Gasteiger partial charge on any atom is 0.419 e. The summed E-state index contributed by atoms with van der Waals surface area (Å²) in [6.45, 7) is 3.30. The molecule has 13 heteroatoms. The summed E-state index contributed by atoms with van der Waals surface area (Å²) in [6, 6.07) is 8.04. The van der Waals surface area contributed by atoms with E-state index in [1.165, 1.54) is 24.5 Å². The Bertz CT molecular complexity index is 1380. The first-order valence-corrected chi connectivity index (χ1v) is 14.2. The lowest BCUT2D eigenvalue weighted by Gasteiger charge is -2.35. The van der Waals surface area contributed by atoms with Gasteiger partial charge in [-0.05, 0) is 87.9 Å². The van der Waals surface area contributed by atoms with Gasteiger partial charge in [0.1, 0.15) is 24.1 Å². The van der Waals surface area contributed by atoms with E-state index in [1.807, 2.05) is 6.92 Å². The first kappa shape index (κ1) is 30.7. The van der Waals surface area contributed by atoms with Gasteiger partial charge in [-0.1, -0.05) is 0 Å². The van der Waals surface area contributed by atoms with Gasteiger partial charge in [-0.25, -0.2) is 14.4 Å². The SMILES string of the molecule is Cc1c(OC2CCC(Nc3ccc(F)c(C(F)(F)F)c3)CC2)ncnc1N1CCC(Nc2ccc(C(F)(F)F)cc2)CC1. The molecule has 2 aliphatic rings. The Hall–Kier alpha value is -3.77. The van der Waals surface area contributed by atoms with Crippen LogP contribution in [0.1, 0.15) is 55.2 Å². The van der Waals surface area contributed by atoms with E-state index in [2.05, 4.69) is 25.5 Å². The second-order valence-electron chi connectivity index (χ2n) is 11.0. The lowest BCUT2D eigenvalue weighted by atomic mass is 9.92. The van der Waals surface area contributed by atoms with Gasteiger partial charge in [0.15, 0.2) is 0 Å². The number of hydrogen-bond acceptors (Lipinski definition) is 6. The molecule has 0 atom stereocenters. The van der Waals surface area contributed by atoms with Crippen molar-refractivity contribution in [3.8, 4) is 5.88 Å². The average Bonchev–Trinajstić information content (AvgIpc) is 2.96. The summed E-state index contributed by atoms with van der Waals surface area (Å²) in [7, 11) is 0. The minimum atomic E-state index is -4.76. The van der Waals surface area contributed by atoms with Crippen LogP contribution in [0.2, 0.25) is 0 Å². The molecule has 43 heavy (non-hydrogen) atoms. The quantitative estimate of drug-likeness (QED) is 0.266.